The van der Waals surface area contributed by atoms with Gasteiger partial charge in [0, 0.05) is 24.5 Å². The van der Waals surface area contributed by atoms with Crippen LogP contribution in [0.2, 0.25) is 0 Å². The maximum atomic E-state index is 10.3. The van der Waals surface area contributed by atoms with E-state index in [4.69, 9.17) is 24.7 Å². The van der Waals surface area contributed by atoms with Gasteiger partial charge in [-0.3, -0.25) is 0 Å². The Balaban J connectivity index is 1.93. The van der Waals surface area contributed by atoms with Gasteiger partial charge in [0.05, 0.1) is 14.2 Å². The number of aliphatic hydroxyl groups excluding tert-OH is 1. The fourth-order valence-corrected chi connectivity index (χ4v) is 4.48. The van der Waals surface area contributed by atoms with Gasteiger partial charge >= 0.3 is 0 Å². The summed E-state index contributed by atoms with van der Waals surface area (Å²) < 4.78 is 21.8. The summed E-state index contributed by atoms with van der Waals surface area (Å²) in [4.78, 5) is 0. The number of hydrogen-bond acceptors (Lipinski definition) is 7. The molecule has 1 aliphatic carbocycles. The lowest BCUT2D eigenvalue weighted by atomic mass is 9.65. The topological polar surface area (TPSA) is 103 Å². The molecule has 2 aromatic carbocycles. The third kappa shape index (κ3) is 2.73. The molecule has 0 spiro atoms. The van der Waals surface area contributed by atoms with Crippen LogP contribution in [0.5, 0.6) is 28.7 Å². The van der Waals surface area contributed by atoms with Crippen LogP contribution in [0.1, 0.15) is 35.6 Å². The second-order valence-corrected chi connectivity index (χ2v) is 7.32. The van der Waals surface area contributed by atoms with Gasteiger partial charge in [-0.2, -0.15) is 0 Å². The second kappa shape index (κ2) is 7.07. The molecule has 2 unspecified atom stereocenters. The number of aromatic hydroxyl groups is 1. The minimum atomic E-state index is -0.318. The van der Waals surface area contributed by atoms with Crippen molar-refractivity contribution in [3.8, 4) is 28.7 Å². The van der Waals surface area contributed by atoms with Gasteiger partial charge in [0.2, 0.25) is 12.5 Å². The highest BCUT2D eigenvalue weighted by Crippen LogP contribution is 2.52. The van der Waals surface area contributed by atoms with Gasteiger partial charge in [0.1, 0.15) is 0 Å². The van der Waals surface area contributed by atoms with Gasteiger partial charge in [-0.1, -0.05) is 6.92 Å². The minimum absolute atomic E-state index is 0.0287. The Morgan fingerprint density at radius 1 is 1.04 bits per heavy atom. The zero-order valence-corrected chi connectivity index (χ0v) is 16.1. The van der Waals surface area contributed by atoms with Crippen LogP contribution < -0.4 is 24.7 Å². The Labute approximate surface area is 163 Å². The van der Waals surface area contributed by atoms with Gasteiger partial charge in [0.15, 0.2) is 23.0 Å². The van der Waals surface area contributed by atoms with E-state index >= 15 is 0 Å². The predicted molar refractivity (Wildman–Crippen MR) is 102 cm³/mol. The quantitative estimate of drug-likeness (QED) is 0.741. The van der Waals surface area contributed by atoms with Gasteiger partial charge in [-0.25, -0.2) is 0 Å². The normalized spacial score (nSPS) is 25.3. The molecular formula is C21H25NO6. The first-order valence-electron chi connectivity index (χ1n) is 9.24. The summed E-state index contributed by atoms with van der Waals surface area (Å²) >= 11 is 0. The second-order valence-electron chi connectivity index (χ2n) is 7.32. The lowest BCUT2D eigenvalue weighted by molar-refractivity contribution is 0.139. The van der Waals surface area contributed by atoms with E-state index in [0.717, 1.165) is 16.7 Å². The molecule has 0 bridgehead atoms. The molecule has 0 aromatic heterocycles. The summed E-state index contributed by atoms with van der Waals surface area (Å²) in [6, 6.07) is 7.18. The van der Waals surface area contributed by atoms with Crippen molar-refractivity contribution in [1.29, 1.82) is 0 Å². The van der Waals surface area contributed by atoms with Crippen molar-refractivity contribution < 1.29 is 29.2 Å². The summed E-state index contributed by atoms with van der Waals surface area (Å²) in [5, 5.41) is 20.3. The van der Waals surface area contributed by atoms with E-state index in [1.54, 1.807) is 12.1 Å². The van der Waals surface area contributed by atoms with E-state index in [9.17, 15) is 10.2 Å². The van der Waals surface area contributed by atoms with E-state index in [0.29, 0.717) is 23.0 Å². The van der Waals surface area contributed by atoms with Gasteiger partial charge in [-0.15, -0.1) is 0 Å². The number of hydrogen-bond donors (Lipinski definition) is 3. The number of fused-ring (bicyclic) bond motifs is 2. The van der Waals surface area contributed by atoms with Crippen LogP contribution in [0.25, 0.3) is 0 Å². The summed E-state index contributed by atoms with van der Waals surface area (Å²) in [5.41, 5.74) is 9.37. The average Bonchev–Trinajstić information content (AvgIpc) is 3.15. The molecule has 4 atom stereocenters. The maximum Gasteiger partial charge on any atom is 0.231 e. The van der Waals surface area contributed by atoms with Crippen molar-refractivity contribution in [2.75, 3.05) is 27.6 Å². The molecule has 4 rings (SSSR count). The zero-order valence-electron chi connectivity index (χ0n) is 16.1. The number of rotatable bonds is 4. The van der Waals surface area contributed by atoms with Crippen LogP contribution in [0.15, 0.2) is 24.3 Å². The molecule has 28 heavy (non-hydrogen) atoms. The molecule has 4 N–H and O–H groups in total. The Bertz CT molecular complexity index is 874. The minimum Gasteiger partial charge on any atom is -0.502 e. The summed E-state index contributed by atoms with van der Waals surface area (Å²) in [6.07, 6.45) is 0. The van der Waals surface area contributed by atoms with Crippen molar-refractivity contribution in [3.63, 3.8) is 0 Å². The first-order chi connectivity index (χ1) is 13.5. The smallest absolute Gasteiger partial charge is 0.231 e. The molecular weight excluding hydrogens is 362 g/mol. The molecule has 2 aromatic rings. The molecule has 0 amide bonds. The SMILES string of the molecule is COc1cc(C2c3cc4c(cc3C(N)[C@@H](CO)[C@@H]2C)OCO4)cc(OC)c1O. The molecule has 150 valence electrons. The van der Waals surface area contributed by atoms with Gasteiger partial charge in [0.25, 0.3) is 0 Å². The van der Waals surface area contributed by atoms with Crippen molar-refractivity contribution in [2.24, 2.45) is 17.6 Å². The lowest BCUT2D eigenvalue weighted by Gasteiger charge is -2.41. The van der Waals surface area contributed by atoms with Gasteiger partial charge < -0.3 is 34.9 Å². The Morgan fingerprint density at radius 3 is 2.14 bits per heavy atom. The molecule has 2 aliphatic rings. The predicted octanol–water partition coefficient (Wildman–Crippen LogP) is 2.53. The third-order valence-corrected chi connectivity index (χ3v) is 6.01. The van der Waals surface area contributed by atoms with Crippen molar-refractivity contribution in [2.45, 2.75) is 18.9 Å². The Hall–Kier alpha value is -2.64. The first-order valence-corrected chi connectivity index (χ1v) is 9.24. The van der Waals surface area contributed by atoms with Crippen LogP contribution in [-0.2, 0) is 0 Å². The zero-order chi connectivity index (χ0) is 20.0. The van der Waals surface area contributed by atoms with E-state index in [-0.39, 0.29) is 42.9 Å². The summed E-state index contributed by atoms with van der Waals surface area (Å²) in [7, 11) is 3.00. The van der Waals surface area contributed by atoms with Crippen LogP contribution in [0.3, 0.4) is 0 Å². The molecule has 0 fully saturated rings. The van der Waals surface area contributed by atoms with Crippen molar-refractivity contribution in [1.82, 2.24) is 0 Å². The number of phenolic OH excluding ortho intramolecular Hbond substituents is 1. The lowest BCUT2D eigenvalue weighted by Crippen LogP contribution is -2.38. The molecule has 0 saturated carbocycles. The highest BCUT2D eigenvalue weighted by Gasteiger charge is 2.41. The van der Waals surface area contributed by atoms with E-state index < -0.39 is 0 Å². The van der Waals surface area contributed by atoms with Crippen LogP contribution >= 0.6 is 0 Å². The highest BCUT2D eigenvalue weighted by atomic mass is 16.7. The van der Waals surface area contributed by atoms with Crippen LogP contribution in [0, 0.1) is 11.8 Å². The van der Waals surface area contributed by atoms with E-state index in [1.807, 2.05) is 12.1 Å². The Kier molecular flexibility index (Phi) is 4.72. The summed E-state index contributed by atoms with van der Waals surface area (Å²) in [5.74, 6) is 1.78. The van der Waals surface area contributed by atoms with E-state index in [1.165, 1.54) is 14.2 Å². The van der Waals surface area contributed by atoms with Crippen molar-refractivity contribution >= 4 is 0 Å². The number of nitrogens with two attached hydrogens (primary N) is 1. The molecule has 7 nitrogen and oxygen atoms in total. The largest absolute Gasteiger partial charge is 0.502 e. The molecule has 0 saturated heterocycles. The number of phenols is 1. The highest BCUT2D eigenvalue weighted by molar-refractivity contribution is 5.58. The summed E-state index contributed by atoms with van der Waals surface area (Å²) in [6.45, 7) is 2.22. The monoisotopic (exact) mass is 387 g/mol. The molecule has 1 aliphatic heterocycles. The van der Waals surface area contributed by atoms with Crippen LogP contribution in [0.4, 0.5) is 0 Å². The maximum absolute atomic E-state index is 10.3. The number of methoxy groups -OCH3 is 2. The molecule has 1 heterocycles. The number of ether oxygens (including phenoxy) is 4. The fourth-order valence-electron chi connectivity index (χ4n) is 4.48. The Morgan fingerprint density at radius 2 is 1.61 bits per heavy atom. The number of benzene rings is 2. The van der Waals surface area contributed by atoms with Crippen molar-refractivity contribution in [3.05, 3.63) is 41.0 Å². The van der Waals surface area contributed by atoms with E-state index in [2.05, 4.69) is 6.92 Å². The average molecular weight is 387 g/mol. The van der Waals surface area contributed by atoms with Gasteiger partial charge in [-0.05, 0) is 46.9 Å². The van der Waals surface area contributed by atoms with Crippen LogP contribution in [-0.4, -0.2) is 37.8 Å². The standard InChI is InChI=1S/C21H25NO6/c1-10-14(8-23)20(22)13-7-16-15(27-9-28-16)6-12(13)19(10)11-4-17(25-2)21(24)18(5-11)26-3/h4-7,10,14,19-20,23-24H,8-9,22H2,1-3H3/t10-,14-,19?,20?/m0/s1. The number of aliphatic hydroxyl groups is 1. The molecule has 7 heteroatoms. The fraction of sp³-hybridized carbons (Fsp3) is 0.429. The third-order valence-electron chi connectivity index (χ3n) is 6.01. The first kappa shape index (κ1) is 18.7. The molecule has 0 radical (unpaired) electrons.